The zero-order valence-electron chi connectivity index (χ0n) is 11.0. The zero-order valence-corrected chi connectivity index (χ0v) is 11.0. The van der Waals surface area contributed by atoms with Gasteiger partial charge in [0.15, 0.2) is 0 Å². The number of anilines is 2. The lowest BCUT2D eigenvalue weighted by Gasteiger charge is -2.19. The van der Waals surface area contributed by atoms with Crippen LogP contribution in [0, 0.1) is 0 Å². The molecule has 0 spiro atoms. The molecule has 0 aliphatic carbocycles. The molecule has 2 aromatic rings. The van der Waals surface area contributed by atoms with Crippen molar-refractivity contribution in [2.75, 3.05) is 19.1 Å². The summed E-state index contributed by atoms with van der Waals surface area (Å²) in [5.74, 6) is 1.14. The molecule has 1 aromatic carbocycles. The van der Waals surface area contributed by atoms with Crippen molar-refractivity contribution in [1.29, 1.82) is 0 Å². The van der Waals surface area contributed by atoms with Gasteiger partial charge in [-0.25, -0.2) is 4.79 Å². The van der Waals surface area contributed by atoms with Gasteiger partial charge in [-0.3, -0.25) is 14.3 Å². The fourth-order valence-electron chi connectivity index (χ4n) is 1.68. The van der Waals surface area contributed by atoms with Crippen molar-refractivity contribution in [3.63, 3.8) is 0 Å². The molecule has 0 bridgehead atoms. The highest BCUT2D eigenvalue weighted by Crippen LogP contribution is 2.24. The predicted octanol–water partition coefficient (Wildman–Crippen LogP) is 0.850. The number of methoxy groups -OCH3 is 1. The first-order valence-electron chi connectivity index (χ1n) is 5.71. The van der Waals surface area contributed by atoms with E-state index in [1.807, 2.05) is 24.3 Å². The van der Waals surface area contributed by atoms with Crippen molar-refractivity contribution in [1.82, 2.24) is 9.55 Å². The highest BCUT2D eigenvalue weighted by Gasteiger charge is 2.08. The standard InChI is InChI=1S/C13H15N3O3/c1-15(9-5-4-6-10(7-9)19-3)11-8-12(17)16(2)13(18)14-11/h4-8H,1-3H3,(H,14,18). The summed E-state index contributed by atoms with van der Waals surface area (Å²) in [6.07, 6.45) is 0. The Hall–Kier alpha value is -2.50. The molecule has 6 heteroatoms. The molecule has 0 unspecified atom stereocenters. The van der Waals surface area contributed by atoms with E-state index < -0.39 is 5.69 Å². The monoisotopic (exact) mass is 261 g/mol. The Bertz CT molecular complexity index is 672. The van der Waals surface area contributed by atoms with Crippen LogP contribution in [0.5, 0.6) is 5.75 Å². The van der Waals surface area contributed by atoms with E-state index in [1.165, 1.54) is 13.1 Å². The highest BCUT2D eigenvalue weighted by molar-refractivity contribution is 5.60. The number of aromatic amines is 1. The number of aromatic nitrogens is 2. The zero-order chi connectivity index (χ0) is 14.0. The molecule has 6 nitrogen and oxygen atoms in total. The summed E-state index contributed by atoms with van der Waals surface area (Å²) < 4.78 is 6.16. The Balaban J connectivity index is 2.46. The first-order chi connectivity index (χ1) is 9.02. The van der Waals surface area contributed by atoms with Crippen molar-refractivity contribution in [2.24, 2.45) is 7.05 Å². The first-order valence-corrected chi connectivity index (χ1v) is 5.71. The molecule has 0 radical (unpaired) electrons. The molecule has 0 aliphatic heterocycles. The van der Waals surface area contributed by atoms with E-state index in [0.717, 1.165) is 10.3 Å². The number of ether oxygens (including phenoxy) is 1. The minimum atomic E-state index is -0.447. The quantitative estimate of drug-likeness (QED) is 0.889. The summed E-state index contributed by atoms with van der Waals surface area (Å²) in [6, 6.07) is 8.71. The second kappa shape index (κ2) is 5.01. The number of hydrogen-bond acceptors (Lipinski definition) is 4. The molecule has 19 heavy (non-hydrogen) atoms. The molecule has 0 atom stereocenters. The van der Waals surface area contributed by atoms with Gasteiger partial charge in [0, 0.05) is 31.9 Å². The Morgan fingerprint density at radius 3 is 2.63 bits per heavy atom. The lowest BCUT2D eigenvalue weighted by Crippen LogP contribution is -2.33. The van der Waals surface area contributed by atoms with Crippen LogP contribution in [0.4, 0.5) is 11.5 Å². The number of nitrogens with zero attached hydrogens (tertiary/aromatic N) is 2. The fraction of sp³-hybridized carbons (Fsp3) is 0.231. The van der Waals surface area contributed by atoms with Gasteiger partial charge in [0.1, 0.15) is 11.6 Å². The summed E-state index contributed by atoms with van der Waals surface area (Å²) in [5.41, 5.74) is 0.00833. The summed E-state index contributed by atoms with van der Waals surface area (Å²) >= 11 is 0. The van der Waals surface area contributed by atoms with Crippen molar-refractivity contribution in [3.8, 4) is 5.75 Å². The van der Waals surface area contributed by atoms with Crippen molar-refractivity contribution >= 4 is 11.5 Å². The Labute approximate surface area is 109 Å². The van der Waals surface area contributed by atoms with E-state index in [1.54, 1.807) is 19.1 Å². The van der Waals surface area contributed by atoms with Crippen molar-refractivity contribution in [3.05, 3.63) is 51.2 Å². The van der Waals surface area contributed by atoms with Crippen molar-refractivity contribution < 1.29 is 4.74 Å². The Morgan fingerprint density at radius 1 is 1.26 bits per heavy atom. The van der Waals surface area contributed by atoms with Gasteiger partial charge in [0.05, 0.1) is 7.11 Å². The normalized spacial score (nSPS) is 10.3. The smallest absolute Gasteiger partial charge is 0.329 e. The SMILES string of the molecule is COc1cccc(N(C)c2cc(=O)n(C)c(=O)[nH]2)c1. The molecule has 2 rings (SSSR count). The van der Waals surface area contributed by atoms with Crippen LogP contribution in [0.1, 0.15) is 0 Å². The minimum absolute atomic E-state index is 0.353. The van der Waals surface area contributed by atoms with Crippen LogP contribution in [-0.4, -0.2) is 23.7 Å². The predicted molar refractivity (Wildman–Crippen MR) is 73.4 cm³/mol. The summed E-state index contributed by atoms with van der Waals surface area (Å²) in [7, 11) is 4.77. The summed E-state index contributed by atoms with van der Waals surface area (Å²) in [4.78, 5) is 27.5. The van der Waals surface area contributed by atoms with E-state index in [4.69, 9.17) is 4.74 Å². The maximum absolute atomic E-state index is 11.6. The van der Waals surface area contributed by atoms with E-state index in [2.05, 4.69) is 4.98 Å². The average molecular weight is 261 g/mol. The largest absolute Gasteiger partial charge is 0.497 e. The maximum Gasteiger partial charge on any atom is 0.329 e. The molecular weight excluding hydrogens is 246 g/mol. The molecule has 1 heterocycles. The van der Waals surface area contributed by atoms with Crippen LogP contribution in [-0.2, 0) is 7.05 Å². The van der Waals surface area contributed by atoms with Gasteiger partial charge in [0.25, 0.3) is 5.56 Å². The van der Waals surface area contributed by atoms with E-state index in [9.17, 15) is 9.59 Å². The lowest BCUT2D eigenvalue weighted by atomic mass is 10.3. The lowest BCUT2D eigenvalue weighted by molar-refractivity contribution is 0.415. The first kappa shape index (κ1) is 12.9. The topological polar surface area (TPSA) is 67.3 Å². The van der Waals surface area contributed by atoms with Gasteiger partial charge < -0.3 is 9.64 Å². The third-order valence-corrected chi connectivity index (χ3v) is 2.93. The van der Waals surface area contributed by atoms with Gasteiger partial charge in [-0.05, 0) is 12.1 Å². The Morgan fingerprint density at radius 2 is 2.00 bits per heavy atom. The number of nitrogens with one attached hydrogen (secondary N) is 1. The third-order valence-electron chi connectivity index (χ3n) is 2.93. The molecule has 100 valence electrons. The fourth-order valence-corrected chi connectivity index (χ4v) is 1.68. The van der Waals surface area contributed by atoms with Gasteiger partial charge >= 0.3 is 5.69 Å². The van der Waals surface area contributed by atoms with E-state index in [-0.39, 0.29) is 5.56 Å². The van der Waals surface area contributed by atoms with Gasteiger partial charge in [-0.1, -0.05) is 6.07 Å². The van der Waals surface area contributed by atoms with E-state index in [0.29, 0.717) is 11.6 Å². The van der Waals surface area contributed by atoms with Crippen LogP contribution < -0.4 is 20.9 Å². The second-order valence-electron chi connectivity index (χ2n) is 4.12. The molecule has 0 fully saturated rings. The van der Waals surface area contributed by atoms with Crippen molar-refractivity contribution in [2.45, 2.75) is 0 Å². The number of benzene rings is 1. The summed E-state index contributed by atoms with van der Waals surface area (Å²) in [5, 5.41) is 0. The molecule has 0 saturated heterocycles. The molecule has 1 N–H and O–H groups in total. The highest BCUT2D eigenvalue weighted by atomic mass is 16.5. The van der Waals surface area contributed by atoms with Crippen LogP contribution in [0.3, 0.4) is 0 Å². The third kappa shape index (κ3) is 2.52. The molecule has 0 aliphatic rings. The van der Waals surface area contributed by atoms with Crippen LogP contribution in [0.25, 0.3) is 0 Å². The average Bonchev–Trinajstić information content (AvgIpc) is 2.43. The van der Waals surface area contributed by atoms with Crippen LogP contribution >= 0.6 is 0 Å². The molecule has 1 aromatic heterocycles. The minimum Gasteiger partial charge on any atom is -0.497 e. The van der Waals surface area contributed by atoms with Gasteiger partial charge in [0.2, 0.25) is 0 Å². The van der Waals surface area contributed by atoms with Crippen LogP contribution in [0.2, 0.25) is 0 Å². The van der Waals surface area contributed by atoms with Gasteiger partial charge in [-0.15, -0.1) is 0 Å². The number of rotatable bonds is 3. The number of hydrogen-bond donors (Lipinski definition) is 1. The summed E-state index contributed by atoms with van der Waals surface area (Å²) in [6.45, 7) is 0. The maximum atomic E-state index is 11.6. The second-order valence-corrected chi connectivity index (χ2v) is 4.12. The molecular formula is C13H15N3O3. The molecule has 0 amide bonds. The Kier molecular flexibility index (Phi) is 3.41. The van der Waals surface area contributed by atoms with E-state index >= 15 is 0 Å². The van der Waals surface area contributed by atoms with Crippen LogP contribution in [0.15, 0.2) is 39.9 Å². The van der Waals surface area contributed by atoms with Gasteiger partial charge in [-0.2, -0.15) is 0 Å². The number of H-pyrrole nitrogens is 1. The molecule has 0 saturated carbocycles.